The van der Waals surface area contributed by atoms with Gasteiger partial charge in [-0.05, 0) is 31.4 Å². The topological polar surface area (TPSA) is 53.3 Å². The van der Waals surface area contributed by atoms with Gasteiger partial charge in [0.2, 0.25) is 0 Å². The third-order valence-corrected chi connectivity index (χ3v) is 4.66. The first-order valence-electron chi connectivity index (χ1n) is 9.25. The van der Waals surface area contributed by atoms with Crippen LogP contribution in [0.25, 0.3) is 0 Å². The van der Waals surface area contributed by atoms with Crippen molar-refractivity contribution >= 4 is 5.97 Å². The van der Waals surface area contributed by atoms with E-state index in [-0.39, 0.29) is 37.1 Å². The van der Waals surface area contributed by atoms with E-state index >= 15 is 0 Å². The van der Waals surface area contributed by atoms with Gasteiger partial charge in [-0.1, -0.05) is 18.2 Å². The van der Waals surface area contributed by atoms with E-state index in [2.05, 4.69) is 9.84 Å². The van der Waals surface area contributed by atoms with Crippen LogP contribution < -0.4 is 0 Å². The quantitative estimate of drug-likeness (QED) is 0.350. The predicted molar refractivity (Wildman–Crippen MR) is 91.7 cm³/mol. The molecular weight excluding hydrogens is 437 g/mol. The molecule has 0 aliphatic heterocycles. The Morgan fingerprint density at radius 1 is 1.13 bits per heavy atom. The zero-order valence-electron chi connectivity index (χ0n) is 15.8. The second-order valence-electron chi connectivity index (χ2n) is 6.82. The van der Waals surface area contributed by atoms with Crippen molar-refractivity contribution < 1.29 is 45.0 Å². The maximum atomic E-state index is 14.6. The predicted octanol–water partition coefficient (Wildman–Crippen LogP) is 5.01. The molecule has 0 radical (unpaired) electrons. The Hall–Kier alpha value is -2.63. The molecule has 31 heavy (non-hydrogen) atoms. The van der Waals surface area contributed by atoms with Crippen molar-refractivity contribution in [2.75, 3.05) is 6.61 Å². The van der Waals surface area contributed by atoms with Crippen molar-refractivity contribution in [2.45, 2.75) is 50.6 Å². The van der Waals surface area contributed by atoms with Crippen LogP contribution in [0.3, 0.4) is 0 Å². The van der Waals surface area contributed by atoms with Crippen LogP contribution in [-0.2, 0) is 28.6 Å². The Labute approximate surface area is 171 Å². The van der Waals surface area contributed by atoms with Crippen molar-refractivity contribution in [1.29, 1.82) is 0 Å². The monoisotopic (exact) mass is 454 g/mol. The number of hydrogen-bond donors (Lipinski definition) is 0. The zero-order chi connectivity index (χ0) is 22.8. The van der Waals surface area contributed by atoms with Crippen LogP contribution in [0.4, 0.5) is 30.7 Å². The fourth-order valence-corrected chi connectivity index (χ4v) is 3.37. The molecule has 1 aromatic heterocycles. The standard InChI is InChI=1S/C19H17F7N2O3/c20-12-7-8-13-14(15(12)31-17(29)11-5-2-1-3-6-11)16(18(21,22)23)27-28(13)9-4-10-30-19(24,25)26/h1-3,5-6,12,15H,4,7-10H2/t12-,15+/m0/s1. The Kier molecular flexibility index (Phi) is 6.58. The maximum Gasteiger partial charge on any atom is 0.522 e. The van der Waals surface area contributed by atoms with Crippen molar-refractivity contribution in [3.05, 3.63) is 52.8 Å². The van der Waals surface area contributed by atoms with Gasteiger partial charge < -0.3 is 4.74 Å². The summed E-state index contributed by atoms with van der Waals surface area (Å²) in [5.41, 5.74) is -2.02. The minimum atomic E-state index is -4.98. The number of carbonyl (C=O) groups excluding carboxylic acids is 1. The molecule has 0 unspecified atom stereocenters. The van der Waals surface area contributed by atoms with E-state index < -0.39 is 48.6 Å². The van der Waals surface area contributed by atoms with E-state index in [0.717, 1.165) is 4.68 Å². The summed E-state index contributed by atoms with van der Waals surface area (Å²) in [6.45, 7) is -1.09. The van der Waals surface area contributed by atoms with Gasteiger partial charge in [0, 0.05) is 17.8 Å². The van der Waals surface area contributed by atoms with Gasteiger partial charge >= 0.3 is 18.5 Å². The number of hydrogen-bond acceptors (Lipinski definition) is 4. The van der Waals surface area contributed by atoms with Crippen LogP contribution in [-0.4, -0.2) is 34.9 Å². The lowest BCUT2D eigenvalue weighted by atomic mass is 9.91. The first kappa shape index (κ1) is 23.0. The Balaban J connectivity index is 1.88. The average molecular weight is 454 g/mol. The summed E-state index contributed by atoms with van der Waals surface area (Å²) in [6.07, 6.45) is -14.2. The molecule has 1 aliphatic rings. The SMILES string of the molecule is O=C(O[C@H]1c2c(C(F)(F)F)nn(CCCOC(F)(F)F)c2CC[C@@H]1F)c1ccccc1. The van der Waals surface area contributed by atoms with Crippen molar-refractivity contribution in [3.8, 4) is 0 Å². The van der Waals surface area contributed by atoms with Gasteiger partial charge in [-0.25, -0.2) is 9.18 Å². The van der Waals surface area contributed by atoms with Crippen molar-refractivity contribution in [2.24, 2.45) is 0 Å². The third-order valence-electron chi connectivity index (χ3n) is 4.66. The largest absolute Gasteiger partial charge is 0.522 e. The van der Waals surface area contributed by atoms with E-state index in [1.165, 1.54) is 24.3 Å². The molecule has 1 aliphatic carbocycles. The Bertz CT molecular complexity index is 910. The molecule has 5 nitrogen and oxygen atoms in total. The number of esters is 1. The lowest BCUT2D eigenvalue weighted by Crippen LogP contribution is -2.28. The van der Waals surface area contributed by atoms with Crippen LogP contribution in [0, 0.1) is 0 Å². The molecule has 3 rings (SSSR count). The van der Waals surface area contributed by atoms with Crippen molar-refractivity contribution in [3.63, 3.8) is 0 Å². The first-order valence-corrected chi connectivity index (χ1v) is 9.25. The number of aromatic nitrogens is 2. The fraction of sp³-hybridized carbons (Fsp3) is 0.474. The number of fused-ring (bicyclic) bond motifs is 1. The van der Waals surface area contributed by atoms with Gasteiger partial charge in [0.1, 0.15) is 6.17 Å². The molecule has 0 fully saturated rings. The van der Waals surface area contributed by atoms with E-state index in [0.29, 0.717) is 0 Å². The molecule has 2 atom stereocenters. The summed E-state index contributed by atoms with van der Waals surface area (Å²) >= 11 is 0. The Morgan fingerprint density at radius 3 is 2.42 bits per heavy atom. The highest BCUT2D eigenvalue weighted by Gasteiger charge is 2.46. The van der Waals surface area contributed by atoms with Gasteiger partial charge in [-0.15, -0.1) is 13.2 Å². The number of ether oxygens (including phenoxy) is 2. The summed E-state index contributed by atoms with van der Waals surface area (Å²) in [7, 11) is 0. The number of rotatable bonds is 6. The highest BCUT2D eigenvalue weighted by molar-refractivity contribution is 5.89. The number of benzene rings is 1. The second-order valence-corrected chi connectivity index (χ2v) is 6.82. The molecule has 0 spiro atoms. The molecule has 2 aromatic rings. The van der Waals surface area contributed by atoms with Crippen LogP contribution in [0.5, 0.6) is 0 Å². The zero-order valence-corrected chi connectivity index (χ0v) is 15.8. The number of alkyl halides is 7. The molecular formula is C19H17F7N2O3. The van der Waals surface area contributed by atoms with Crippen LogP contribution >= 0.6 is 0 Å². The number of aryl methyl sites for hydroxylation is 1. The highest BCUT2D eigenvalue weighted by Crippen LogP contribution is 2.43. The van der Waals surface area contributed by atoms with Gasteiger partial charge in [-0.3, -0.25) is 9.42 Å². The van der Waals surface area contributed by atoms with Crippen molar-refractivity contribution in [1.82, 2.24) is 9.78 Å². The molecule has 12 heteroatoms. The second kappa shape index (κ2) is 8.85. The normalized spacial score (nSPS) is 19.2. The Morgan fingerprint density at radius 2 is 1.81 bits per heavy atom. The summed E-state index contributed by atoms with van der Waals surface area (Å²) in [5.74, 6) is -0.999. The summed E-state index contributed by atoms with van der Waals surface area (Å²) in [4.78, 5) is 12.3. The summed E-state index contributed by atoms with van der Waals surface area (Å²) < 4.78 is 101. The smallest absolute Gasteiger partial charge is 0.451 e. The van der Waals surface area contributed by atoms with Gasteiger partial charge in [0.05, 0.1) is 12.2 Å². The summed E-state index contributed by atoms with van der Waals surface area (Å²) in [6, 6.07) is 7.37. The van der Waals surface area contributed by atoms with Gasteiger partial charge in [0.15, 0.2) is 11.8 Å². The molecule has 0 bridgehead atoms. The van der Waals surface area contributed by atoms with Gasteiger partial charge in [-0.2, -0.15) is 18.3 Å². The van der Waals surface area contributed by atoms with Gasteiger partial charge in [0.25, 0.3) is 0 Å². The average Bonchev–Trinajstić information content (AvgIpc) is 3.06. The summed E-state index contributed by atoms with van der Waals surface area (Å²) in [5, 5.41) is 3.46. The highest BCUT2D eigenvalue weighted by atomic mass is 19.4. The molecule has 170 valence electrons. The lowest BCUT2D eigenvalue weighted by Gasteiger charge is -2.27. The van der Waals surface area contributed by atoms with Crippen LogP contribution in [0.2, 0.25) is 0 Å². The lowest BCUT2D eigenvalue weighted by molar-refractivity contribution is -0.324. The first-order chi connectivity index (χ1) is 14.5. The van der Waals surface area contributed by atoms with E-state index in [1.54, 1.807) is 6.07 Å². The number of nitrogens with zero attached hydrogens (tertiary/aromatic N) is 2. The minimum absolute atomic E-state index is 0.0286. The maximum absolute atomic E-state index is 14.6. The molecule has 0 N–H and O–H groups in total. The molecule has 1 heterocycles. The van der Waals surface area contributed by atoms with E-state index in [1.807, 2.05) is 0 Å². The number of halogens is 7. The van der Waals surface area contributed by atoms with Crippen LogP contribution in [0.1, 0.15) is 46.3 Å². The van der Waals surface area contributed by atoms with E-state index in [9.17, 15) is 35.5 Å². The third kappa shape index (κ3) is 5.54. The number of carbonyl (C=O) groups is 1. The molecule has 0 saturated carbocycles. The fourth-order valence-electron chi connectivity index (χ4n) is 3.37. The van der Waals surface area contributed by atoms with Crippen LogP contribution in [0.15, 0.2) is 30.3 Å². The molecule has 0 saturated heterocycles. The van der Waals surface area contributed by atoms with E-state index in [4.69, 9.17) is 4.74 Å². The minimum Gasteiger partial charge on any atom is -0.451 e. The molecule has 0 amide bonds. The molecule has 1 aromatic carbocycles.